The molecule has 1 aliphatic rings. The number of piperidine rings is 1. The number of nitriles is 1. The predicted molar refractivity (Wildman–Crippen MR) is 116 cm³/mol. The maximum atomic E-state index is 13.1. The van der Waals surface area contributed by atoms with E-state index < -0.39 is 6.03 Å². The van der Waals surface area contributed by atoms with Crippen LogP contribution in [0.3, 0.4) is 0 Å². The van der Waals surface area contributed by atoms with Gasteiger partial charge < -0.3 is 16.0 Å². The summed E-state index contributed by atoms with van der Waals surface area (Å²) in [6.45, 7) is 5.33. The van der Waals surface area contributed by atoms with Crippen LogP contribution in [-0.4, -0.2) is 36.0 Å². The number of rotatable bonds is 5. The van der Waals surface area contributed by atoms with Crippen molar-refractivity contribution in [1.29, 1.82) is 5.26 Å². The molecule has 3 rings (SSSR count). The third-order valence-electron chi connectivity index (χ3n) is 5.80. The lowest BCUT2D eigenvalue weighted by Gasteiger charge is -2.32. The fourth-order valence-electron chi connectivity index (χ4n) is 4.08. The number of likely N-dealkylation sites (tertiary alicyclic amines) is 1. The van der Waals surface area contributed by atoms with Gasteiger partial charge in [0.05, 0.1) is 11.6 Å². The molecule has 1 heterocycles. The summed E-state index contributed by atoms with van der Waals surface area (Å²) in [5.74, 6) is 0.459. The monoisotopic (exact) mass is 404 g/mol. The van der Waals surface area contributed by atoms with E-state index in [1.807, 2.05) is 61.2 Å². The normalized spacial score (nSPS) is 15.3. The Kier molecular flexibility index (Phi) is 6.73. The zero-order valence-corrected chi connectivity index (χ0v) is 17.5. The molecular weight excluding hydrogens is 376 g/mol. The summed E-state index contributed by atoms with van der Waals surface area (Å²) in [6, 6.07) is 15.0. The first-order valence-corrected chi connectivity index (χ1v) is 10.3. The number of hydrogen-bond acceptors (Lipinski definition) is 3. The fraction of sp³-hybridized carbons (Fsp3) is 0.375. The van der Waals surface area contributed by atoms with Crippen LogP contribution in [0.4, 0.5) is 4.79 Å². The number of amides is 3. The molecule has 0 spiro atoms. The van der Waals surface area contributed by atoms with Crippen LogP contribution in [0.25, 0.3) is 0 Å². The van der Waals surface area contributed by atoms with Gasteiger partial charge in [-0.3, -0.25) is 4.79 Å². The molecule has 6 heteroatoms. The molecule has 6 nitrogen and oxygen atoms in total. The van der Waals surface area contributed by atoms with Crippen molar-refractivity contribution in [2.75, 3.05) is 13.1 Å². The van der Waals surface area contributed by atoms with Gasteiger partial charge >= 0.3 is 6.03 Å². The van der Waals surface area contributed by atoms with Crippen LogP contribution < -0.4 is 11.1 Å². The van der Waals surface area contributed by atoms with Gasteiger partial charge in [-0.15, -0.1) is 0 Å². The summed E-state index contributed by atoms with van der Waals surface area (Å²) in [5.41, 5.74) is 9.91. The van der Waals surface area contributed by atoms with E-state index in [-0.39, 0.29) is 11.9 Å². The van der Waals surface area contributed by atoms with Crippen LogP contribution in [0.15, 0.2) is 42.5 Å². The molecule has 0 saturated carbocycles. The second-order valence-corrected chi connectivity index (χ2v) is 8.06. The second-order valence-electron chi connectivity index (χ2n) is 8.06. The Balaban J connectivity index is 1.63. The van der Waals surface area contributed by atoms with Gasteiger partial charge in [0.15, 0.2) is 0 Å². The number of urea groups is 1. The molecule has 1 saturated heterocycles. The predicted octanol–water partition coefficient (Wildman–Crippen LogP) is 3.49. The average Bonchev–Trinajstić information content (AvgIpc) is 2.74. The molecule has 0 aliphatic carbocycles. The minimum absolute atomic E-state index is 0.0463. The Morgan fingerprint density at radius 3 is 2.47 bits per heavy atom. The Morgan fingerprint density at radius 1 is 1.20 bits per heavy atom. The number of nitrogens with zero attached hydrogens (tertiary/aromatic N) is 2. The van der Waals surface area contributed by atoms with Gasteiger partial charge in [0.2, 0.25) is 0 Å². The number of primary amides is 1. The zero-order valence-electron chi connectivity index (χ0n) is 17.5. The van der Waals surface area contributed by atoms with Gasteiger partial charge in [0.25, 0.3) is 5.91 Å². The van der Waals surface area contributed by atoms with Gasteiger partial charge in [0, 0.05) is 24.7 Å². The molecule has 156 valence electrons. The average molecular weight is 405 g/mol. The molecule has 1 aliphatic heterocycles. The first-order valence-electron chi connectivity index (χ1n) is 10.3. The minimum atomic E-state index is -0.544. The standard InChI is InChI=1S/C24H28N4O2/c1-16-3-6-21(14-22(16)13-17(2)27-24(26)30)23(29)28-11-9-20(10-12-28)19-7-4-18(15-25)5-8-19/h3-8,14,17,20H,9-13H2,1-2H3,(H3,26,27,30). The molecule has 1 atom stereocenters. The van der Waals surface area contributed by atoms with Crippen LogP contribution in [0.2, 0.25) is 0 Å². The van der Waals surface area contributed by atoms with E-state index in [0.717, 1.165) is 24.0 Å². The third-order valence-corrected chi connectivity index (χ3v) is 5.80. The van der Waals surface area contributed by atoms with E-state index in [1.54, 1.807) is 0 Å². The van der Waals surface area contributed by atoms with E-state index >= 15 is 0 Å². The van der Waals surface area contributed by atoms with Crippen LogP contribution in [0.5, 0.6) is 0 Å². The molecule has 2 aromatic carbocycles. The highest BCUT2D eigenvalue weighted by atomic mass is 16.2. The lowest BCUT2D eigenvalue weighted by atomic mass is 9.88. The van der Waals surface area contributed by atoms with Crippen LogP contribution in [-0.2, 0) is 6.42 Å². The summed E-state index contributed by atoms with van der Waals surface area (Å²) < 4.78 is 0. The van der Waals surface area contributed by atoms with Crippen molar-refractivity contribution in [3.05, 3.63) is 70.3 Å². The SMILES string of the molecule is Cc1ccc(C(=O)N2CCC(c3ccc(C#N)cc3)CC2)cc1CC(C)NC(N)=O. The third kappa shape index (κ3) is 5.18. The van der Waals surface area contributed by atoms with Crippen molar-refractivity contribution in [1.82, 2.24) is 10.2 Å². The van der Waals surface area contributed by atoms with Crippen LogP contribution in [0.1, 0.15) is 58.3 Å². The van der Waals surface area contributed by atoms with Crippen molar-refractivity contribution in [3.63, 3.8) is 0 Å². The van der Waals surface area contributed by atoms with Crippen molar-refractivity contribution in [2.45, 2.75) is 45.1 Å². The van der Waals surface area contributed by atoms with Gasteiger partial charge in [-0.05, 0) is 80.0 Å². The van der Waals surface area contributed by atoms with E-state index in [0.29, 0.717) is 36.6 Å². The van der Waals surface area contributed by atoms with Gasteiger partial charge in [-0.25, -0.2) is 4.79 Å². The molecule has 0 aromatic heterocycles. The molecular formula is C24H28N4O2. The van der Waals surface area contributed by atoms with Gasteiger partial charge in [0.1, 0.15) is 0 Å². The van der Waals surface area contributed by atoms with Crippen molar-refractivity contribution in [3.8, 4) is 6.07 Å². The number of benzene rings is 2. The second kappa shape index (κ2) is 9.45. The maximum absolute atomic E-state index is 13.1. The molecule has 30 heavy (non-hydrogen) atoms. The Bertz CT molecular complexity index is 954. The quantitative estimate of drug-likeness (QED) is 0.798. The Morgan fingerprint density at radius 2 is 1.87 bits per heavy atom. The first-order chi connectivity index (χ1) is 14.4. The molecule has 1 fully saturated rings. The van der Waals surface area contributed by atoms with Crippen LogP contribution in [0, 0.1) is 18.3 Å². The molecule has 3 amide bonds. The Hall–Kier alpha value is -3.33. The number of hydrogen-bond donors (Lipinski definition) is 2. The van der Waals surface area contributed by atoms with Gasteiger partial charge in [-0.2, -0.15) is 5.26 Å². The number of nitrogens with two attached hydrogens (primary N) is 1. The molecule has 0 radical (unpaired) electrons. The lowest BCUT2D eigenvalue weighted by Crippen LogP contribution is -2.38. The highest BCUT2D eigenvalue weighted by Gasteiger charge is 2.25. The summed E-state index contributed by atoms with van der Waals surface area (Å²) in [6.07, 6.45) is 2.45. The number of carbonyl (C=O) groups excluding carboxylic acids is 2. The lowest BCUT2D eigenvalue weighted by molar-refractivity contribution is 0.0713. The van der Waals surface area contributed by atoms with Gasteiger partial charge in [-0.1, -0.05) is 18.2 Å². The zero-order chi connectivity index (χ0) is 21.7. The maximum Gasteiger partial charge on any atom is 0.312 e. The van der Waals surface area contributed by atoms with E-state index in [4.69, 9.17) is 11.0 Å². The summed E-state index contributed by atoms with van der Waals surface area (Å²) in [7, 11) is 0. The largest absolute Gasteiger partial charge is 0.352 e. The van der Waals surface area contributed by atoms with E-state index in [9.17, 15) is 9.59 Å². The van der Waals surface area contributed by atoms with Crippen molar-refractivity contribution >= 4 is 11.9 Å². The van der Waals surface area contributed by atoms with Crippen molar-refractivity contribution < 1.29 is 9.59 Å². The van der Waals surface area contributed by atoms with E-state index in [2.05, 4.69) is 11.4 Å². The minimum Gasteiger partial charge on any atom is -0.352 e. The molecule has 3 N–H and O–H groups in total. The first kappa shape index (κ1) is 21.4. The molecule has 2 aromatic rings. The smallest absolute Gasteiger partial charge is 0.312 e. The highest BCUT2D eigenvalue weighted by Crippen LogP contribution is 2.29. The van der Waals surface area contributed by atoms with E-state index in [1.165, 1.54) is 5.56 Å². The molecule has 0 bridgehead atoms. The summed E-state index contributed by atoms with van der Waals surface area (Å²) in [4.78, 5) is 26.0. The highest BCUT2D eigenvalue weighted by molar-refractivity contribution is 5.94. The summed E-state index contributed by atoms with van der Waals surface area (Å²) >= 11 is 0. The molecule has 1 unspecified atom stereocenters. The Labute approximate surface area is 177 Å². The number of aryl methyl sites for hydroxylation is 1. The van der Waals surface area contributed by atoms with Crippen LogP contribution >= 0.6 is 0 Å². The van der Waals surface area contributed by atoms with Crippen molar-refractivity contribution in [2.24, 2.45) is 5.73 Å². The fourth-order valence-corrected chi connectivity index (χ4v) is 4.08. The number of nitrogens with one attached hydrogen (secondary N) is 1. The number of carbonyl (C=O) groups is 2. The summed E-state index contributed by atoms with van der Waals surface area (Å²) in [5, 5.41) is 11.6. The topological polar surface area (TPSA) is 99.2 Å².